The Kier molecular flexibility index (Phi) is 3.37. The van der Waals surface area contributed by atoms with Gasteiger partial charge < -0.3 is 4.74 Å². The lowest BCUT2D eigenvalue weighted by Gasteiger charge is -2.21. The Morgan fingerprint density at radius 1 is 1.31 bits per heavy atom. The van der Waals surface area contributed by atoms with E-state index in [9.17, 15) is 0 Å². The number of halogens is 1. The molecule has 1 aromatic rings. The molecule has 0 fully saturated rings. The Bertz CT molecular complexity index is 276. The largest absolute Gasteiger partial charge is 0.488 e. The smallest absolute Gasteiger partial charge is 0.120 e. The Balaban J connectivity index is 2.78. The van der Waals surface area contributed by atoms with E-state index in [1.807, 2.05) is 32.9 Å². The van der Waals surface area contributed by atoms with Crippen molar-refractivity contribution in [3.05, 3.63) is 29.8 Å². The van der Waals surface area contributed by atoms with Crippen molar-refractivity contribution in [2.75, 3.05) is 0 Å². The first kappa shape index (κ1) is 10.6. The van der Waals surface area contributed by atoms with E-state index in [1.165, 1.54) is 5.56 Å². The summed E-state index contributed by atoms with van der Waals surface area (Å²) in [5.74, 6) is 0.935. The molecule has 0 saturated carbocycles. The van der Waals surface area contributed by atoms with Gasteiger partial charge in [0.2, 0.25) is 0 Å². The van der Waals surface area contributed by atoms with E-state index in [0.717, 1.165) is 11.1 Å². The summed E-state index contributed by atoms with van der Waals surface area (Å²) in [7, 11) is 0. The SMILES string of the molecule is CC(C)(C)Oc1cccc(CBr)c1. The maximum atomic E-state index is 5.72. The van der Waals surface area contributed by atoms with Crippen molar-refractivity contribution in [2.24, 2.45) is 0 Å². The second-order valence-electron chi connectivity index (χ2n) is 4.00. The van der Waals surface area contributed by atoms with Gasteiger partial charge in [0.05, 0.1) is 0 Å². The van der Waals surface area contributed by atoms with Gasteiger partial charge in [0.25, 0.3) is 0 Å². The molecule has 0 aliphatic rings. The highest BCUT2D eigenvalue weighted by Crippen LogP contribution is 2.20. The number of hydrogen-bond donors (Lipinski definition) is 0. The molecule has 1 aromatic carbocycles. The zero-order valence-corrected chi connectivity index (χ0v) is 9.89. The lowest BCUT2D eigenvalue weighted by atomic mass is 10.2. The summed E-state index contributed by atoms with van der Waals surface area (Å²) in [5.41, 5.74) is 1.12. The third-order valence-corrected chi connectivity index (χ3v) is 2.12. The monoisotopic (exact) mass is 242 g/mol. The molecule has 0 bridgehead atoms. The first-order valence-corrected chi connectivity index (χ1v) is 5.47. The van der Waals surface area contributed by atoms with E-state index in [0.29, 0.717) is 0 Å². The van der Waals surface area contributed by atoms with E-state index in [-0.39, 0.29) is 5.60 Å². The minimum Gasteiger partial charge on any atom is -0.488 e. The fraction of sp³-hybridized carbons (Fsp3) is 0.455. The molecule has 0 unspecified atom stereocenters. The molecule has 72 valence electrons. The van der Waals surface area contributed by atoms with Crippen LogP contribution in [0.1, 0.15) is 26.3 Å². The van der Waals surface area contributed by atoms with Gasteiger partial charge in [-0.3, -0.25) is 0 Å². The molecule has 0 heterocycles. The van der Waals surface area contributed by atoms with Gasteiger partial charge in [-0.05, 0) is 38.5 Å². The average molecular weight is 243 g/mol. The summed E-state index contributed by atoms with van der Waals surface area (Å²) in [4.78, 5) is 0. The van der Waals surface area contributed by atoms with E-state index in [2.05, 4.69) is 28.1 Å². The van der Waals surface area contributed by atoms with Gasteiger partial charge in [-0.1, -0.05) is 28.1 Å². The van der Waals surface area contributed by atoms with Crippen molar-refractivity contribution < 1.29 is 4.74 Å². The second-order valence-corrected chi connectivity index (χ2v) is 4.56. The molecule has 0 amide bonds. The molecule has 2 heteroatoms. The highest BCUT2D eigenvalue weighted by atomic mass is 79.9. The van der Waals surface area contributed by atoms with Crippen molar-refractivity contribution in [2.45, 2.75) is 31.7 Å². The molecular weight excluding hydrogens is 228 g/mol. The molecule has 0 N–H and O–H groups in total. The molecular formula is C11H15BrO. The zero-order chi connectivity index (χ0) is 9.90. The molecule has 1 nitrogen and oxygen atoms in total. The Morgan fingerprint density at radius 3 is 2.54 bits per heavy atom. The fourth-order valence-electron chi connectivity index (χ4n) is 1.05. The Morgan fingerprint density at radius 2 is 2.00 bits per heavy atom. The van der Waals surface area contributed by atoms with Crippen LogP contribution >= 0.6 is 15.9 Å². The third kappa shape index (κ3) is 3.81. The molecule has 0 aliphatic heterocycles. The average Bonchev–Trinajstić information content (AvgIpc) is 2.01. The quantitative estimate of drug-likeness (QED) is 0.718. The highest BCUT2D eigenvalue weighted by Gasteiger charge is 2.11. The number of alkyl halides is 1. The van der Waals surface area contributed by atoms with Crippen molar-refractivity contribution in [3.63, 3.8) is 0 Å². The summed E-state index contributed by atoms with van der Waals surface area (Å²) in [6.45, 7) is 6.15. The van der Waals surface area contributed by atoms with E-state index < -0.39 is 0 Å². The van der Waals surface area contributed by atoms with Crippen LogP contribution in [0.3, 0.4) is 0 Å². The van der Waals surface area contributed by atoms with Gasteiger partial charge >= 0.3 is 0 Å². The van der Waals surface area contributed by atoms with Gasteiger partial charge in [0.15, 0.2) is 0 Å². The number of benzene rings is 1. The van der Waals surface area contributed by atoms with Crippen LogP contribution in [0.25, 0.3) is 0 Å². The van der Waals surface area contributed by atoms with E-state index in [4.69, 9.17) is 4.74 Å². The van der Waals surface area contributed by atoms with Gasteiger partial charge in [-0.2, -0.15) is 0 Å². The molecule has 0 saturated heterocycles. The molecule has 0 aromatic heterocycles. The molecule has 0 aliphatic carbocycles. The summed E-state index contributed by atoms with van der Waals surface area (Å²) in [6, 6.07) is 8.12. The highest BCUT2D eigenvalue weighted by molar-refractivity contribution is 9.08. The maximum absolute atomic E-state index is 5.72. The van der Waals surface area contributed by atoms with E-state index >= 15 is 0 Å². The maximum Gasteiger partial charge on any atom is 0.120 e. The fourth-order valence-corrected chi connectivity index (χ4v) is 1.39. The number of ether oxygens (including phenoxy) is 1. The van der Waals surface area contributed by atoms with Gasteiger partial charge in [-0.25, -0.2) is 0 Å². The van der Waals surface area contributed by atoms with Crippen molar-refractivity contribution >= 4 is 15.9 Å². The van der Waals surface area contributed by atoms with Crippen molar-refractivity contribution in [1.29, 1.82) is 0 Å². The van der Waals surface area contributed by atoms with Crippen LogP contribution in [0, 0.1) is 0 Å². The van der Waals surface area contributed by atoms with Crippen LogP contribution in [-0.4, -0.2) is 5.60 Å². The summed E-state index contributed by atoms with van der Waals surface area (Å²) in [5, 5.41) is 0.869. The van der Waals surface area contributed by atoms with Crippen LogP contribution in [0.5, 0.6) is 5.75 Å². The lowest BCUT2D eigenvalue weighted by Crippen LogP contribution is -2.22. The Labute approximate surface area is 88.2 Å². The number of rotatable bonds is 2. The van der Waals surface area contributed by atoms with Crippen molar-refractivity contribution in [1.82, 2.24) is 0 Å². The summed E-state index contributed by atoms with van der Waals surface area (Å²) in [6.07, 6.45) is 0. The molecule has 1 rings (SSSR count). The standard InChI is InChI=1S/C11H15BrO/c1-11(2,3)13-10-6-4-5-9(7-10)8-12/h4-7H,8H2,1-3H3. The van der Waals surface area contributed by atoms with Crippen LogP contribution in [0.15, 0.2) is 24.3 Å². The van der Waals surface area contributed by atoms with Gasteiger partial charge in [0, 0.05) is 5.33 Å². The summed E-state index contributed by atoms with van der Waals surface area (Å²) >= 11 is 3.42. The molecule has 0 atom stereocenters. The van der Waals surface area contributed by atoms with E-state index in [1.54, 1.807) is 0 Å². The van der Waals surface area contributed by atoms with Crippen LogP contribution in [0.2, 0.25) is 0 Å². The normalized spacial score (nSPS) is 11.4. The Hall–Kier alpha value is -0.500. The first-order chi connectivity index (χ1) is 6.01. The minimum absolute atomic E-state index is 0.120. The van der Waals surface area contributed by atoms with Crippen molar-refractivity contribution in [3.8, 4) is 5.75 Å². The van der Waals surface area contributed by atoms with Crippen LogP contribution < -0.4 is 4.74 Å². The van der Waals surface area contributed by atoms with Crippen LogP contribution in [0.4, 0.5) is 0 Å². The van der Waals surface area contributed by atoms with Gasteiger partial charge in [0.1, 0.15) is 11.4 Å². The predicted molar refractivity (Wildman–Crippen MR) is 59.5 cm³/mol. The molecule has 0 radical (unpaired) electrons. The second kappa shape index (κ2) is 4.14. The zero-order valence-electron chi connectivity index (χ0n) is 8.30. The lowest BCUT2D eigenvalue weighted by molar-refractivity contribution is 0.131. The first-order valence-electron chi connectivity index (χ1n) is 4.35. The topological polar surface area (TPSA) is 9.23 Å². The number of hydrogen-bond acceptors (Lipinski definition) is 1. The molecule has 13 heavy (non-hydrogen) atoms. The minimum atomic E-state index is -0.120. The predicted octanol–water partition coefficient (Wildman–Crippen LogP) is 3.76. The molecule has 0 spiro atoms. The summed E-state index contributed by atoms with van der Waals surface area (Å²) < 4.78 is 5.72. The van der Waals surface area contributed by atoms with Gasteiger partial charge in [-0.15, -0.1) is 0 Å². The third-order valence-electron chi connectivity index (χ3n) is 1.48. The van der Waals surface area contributed by atoms with Crippen LogP contribution in [-0.2, 0) is 5.33 Å².